The van der Waals surface area contributed by atoms with Gasteiger partial charge in [0.1, 0.15) is 0 Å². The number of quaternary nitrogens is 1. The Hall–Kier alpha value is -0.470. The van der Waals surface area contributed by atoms with Crippen LogP contribution in [0, 0.1) is 0 Å². The van der Waals surface area contributed by atoms with Gasteiger partial charge in [0.2, 0.25) is 0 Å². The molecular formula is C6H15NO5S. The smallest absolute Gasteiger partial charge is 0.0972 e. The first-order chi connectivity index (χ1) is 5.45. The number of hydrogen-bond donors (Lipinski definition) is 2. The van der Waals surface area contributed by atoms with E-state index in [9.17, 15) is 13.0 Å². The van der Waals surface area contributed by atoms with Gasteiger partial charge in [-0.1, -0.05) is 6.08 Å². The van der Waals surface area contributed by atoms with Crippen LogP contribution in [0.2, 0.25) is 0 Å². The van der Waals surface area contributed by atoms with Gasteiger partial charge in [0.25, 0.3) is 0 Å². The van der Waals surface area contributed by atoms with Crippen molar-refractivity contribution in [2.75, 3.05) is 19.0 Å². The summed E-state index contributed by atoms with van der Waals surface area (Å²) in [5.41, 5.74) is 0. The third kappa shape index (κ3) is 11.5. The normalized spacial score (nSPS) is 13.1. The van der Waals surface area contributed by atoms with Gasteiger partial charge in [0.05, 0.1) is 35.2 Å². The standard InChI is InChI=1S/C6H12O5S.H3N/c1-2-3-11-4-6(7)5-12(8,9)10;/h2,6-7H,1,3-5H2,(H,8,9,10);1H3. The van der Waals surface area contributed by atoms with Crippen molar-refractivity contribution in [1.29, 1.82) is 0 Å². The molecule has 0 rings (SSSR count). The van der Waals surface area contributed by atoms with Crippen LogP contribution >= 0.6 is 0 Å². The minimum absolute atomic E-state index is 0. The zero-order chi connectivity index (χ0) is 9.61. The lowest BCUT2D eigenvalue weighted by molar-refractivity contribution is 0.0607. The highest BCUT2D eigenvalue weighted by Gasteiger charge is 2.07. The summed E-state index contributed by atoms with van der Waals surface area (Å²) in [6.45, 7) is 3.39. The second-order valence-corrected chi connectivity index (χ2v) is 3.65. The SMILES string of the molecule is C=CCOCC(O)CS(=O)(=O)[O-].[NH4+]. The Balaban J connectivity index is 0. The van der Waals surface area contributed by atoms with Gasteiger partial charge in [-0.05, 0) is 0 Å². The van der Waals surface area contributed by atoms with Crippen LogP contribution in [-0.2, 0) is 14.9 Å². The highest BCUT2D eigenvalue weighted by Crippen LogP contribution is 1.91. The molecule has 0 saturated heterocycles. The summed E-state index contributed by atoms with van der Waals surface area (Å²) >= 11 is 0. The fourth-order valence-corrected chi connectivity index (χ4v) is 1.14. The molecule has 1 atom stereocenters. The van der Waals surface area contributed by atoms with Gasteiger partial charge >= 0.3 is 0 Å². The molecule has 0 aliphatic rings. The lowest BCUT2D eigenvalue weighted by atomic mass is 10.4. The first kappa shape index (κ1) is 15.0. The maximum absolute atomic E-state index is 10.1. The van der Waals surface area contributed by atoms with Crippen molar-refractivity contribution in [2.24, 2.45) is 0 Å². The molecule has 80 valence electrons. The summed E-state index contributed by atoms with van der Waals surface area (Å²) in [4.78, 5) is 0. The molecule has 0 radical (unpaired) electrons. The molecule has 5 N–H and O–H groups in total. The van der Waals surface area contributed by atoms with Crippen LogP contribution in [0.4, 0.5) is 0 Å². The lowest BCUT2D eigenvalue weighted by Gasteiger charge is -2.12. The molecule has 0 amide bonds. The monoisotopic (exact) mass is 213 g/mol. The average Bonchev–Trinajstić information content (AvgIpc) is 1.84. The van der Waals surface area contributed by atoms with E-state index < -0.39 is 22.0 Å². The fraction of sp³-hybridized carbons (Fsp3) is 0.667. The Morgan fingerprint density at radius 2 is 2.15 bits per heavy atom. The summed E-state index contributed by atoms with van der Waals surface area (Å²) in [6, 6.07) is 0. The number of rotatable bonds is 6. The molecule has 0 fully saturated rings. The van der Waals surface area contributed by atoms with Crippen LogP contribution in [0.5, 0.6) is 0 Å². The third-order valence-corrected chi connectivity index (χ3v) is 1.74. The third-order valence-electron chi connectivity index (χ3n) is 0.942. The summed E-state index contributed by atoms with van der Waals surface area (Å²) in [5, 5.41) is 8.87. The van der Waals surface area contributed by atoms with E-state index in [-0.39, 0.29) is 19.4 Å². The van der Waals surface area contributed by atoms with Gasteiger partial charge in [-0.25, -0.2) is 8.42 Å². The van der Waals surface area contributed by atoms with Crippen LogP contribution in [-0.4, -0.2) is 43.1 Å². The largest absolute Gasteiger partial charge is 0.748 e. The molecule has 0 aromatic rings. The molecule has 0 aromatic carbocycles. The van der Waals surface area contributed by atoms with E-state index in [0.717, 1.165) is 0 Å². The van der Waals surface area contributed by atoms with Gasteiger partial charge in [-0.15, -0.1) is 6.58 Å². The molecule has 1 unspecified atom stereocenters. The Morgan fingerprint density at radius 1 is 1.62 bits per heavy atom. The van der Waals surface area contributed by atoms with Gasteiger partial charge in [0, 0.05) is 0 Å². The van der Waals surface area contributed by atoms with Crippen LogP contribution in [0.1, 0.15) is 0 Å². The second-order valence-electron chi connectivity index (χ2n) is 2.20. The van der Waals surface area contributed by atoms with E-state index >= 15 is 0 Å². The Kier molecular flexibility index (Phi) is 8.07. The van der Waals surface area contributed by atoms with E-state index in [0.29, 0.717) is 0 Å². The molecule has 0 spiro atoms. The van der Waals surface area contributed by atoms with E-state index in [2.05, 4.69) is 6.58 Å². The van der Waals surface area contributed by atoms with E-state index in [1.165, 1.54) is 6.08 Å². The van der Waals surface area contributed by atoms with Gasteiger partial charge in [0.15, 0.2) is 0 Å². The minimum atomic E-state index is -4.37. The van der Waals surface area contributed by atoms with Crippen LogP contribution in [0.3, 0.4) is 0 Å². The quantitative estimate of drug-likeness (QED) is 0.349. The summed E-state index contributed by atoms with van der Waals surface area (Å²) < 4.78 is 35.0. The first-order valence-corrected chi connectivity index (χ1v) is 4.83. The summed E-state index contributed by atoms with van der Waals surface area (Å²) in [6.07, 6.45) is 0.200. The zero-order valence-electron chi connectivity index (χ0n) is 7.47. The van der Waals surface area contributed by atoms with Gasteiger partial charge in [-0.2, -0.15) is 0 Å². The molecular weight excluding hydrogens is 198 g/mol. The summed E-state index contributed by atoms with van der Waals surface area (Å²) in [5.74, 6) is -0.815. The van der Waals surface area contributed by atoms with Crippen molar-refractivity contribution in [2.45, 2.75) is 6.10 Å². The first-order valence-electron chi connectivity index (χ1n) is 3.26. The van der Waals surface area contributed by atoms with Crippen molar-refractivity contribution in [3.05, 3.63) is 12.7 Å². The Labute approximate surface area is 77.5 Å². The number of aliphatic hydroxyl groups is 1. The second kappa shape index (κ2) is 6.98. The van der Waals surface area contributed by atoms with Crippen LogP contribution < -0.4 is 6.15 Å². The van der Waals surface area contributed by atoms with Crippen molar-refractivity contribution in [3.8, 4) is 0 Å². The lowest BCUT2D eigenvalue weighted by Crippen LogP contribution is -2.25. The number of ether oxygens (including phenoxy) is 1. The maximum Gasteiger partial charge on any atom is 0.0972 e. The molecule has 13 heavy (non-hydrogen) atoms. The topological polar surface area (TPSA) is 123 Å². The van der Waals surface area contributed by atoms with Crippen molar-refractivity contribution in [3.63, 3.8) is 0 Å². The summed E-state index contributed by atoms with van der Waals surface area (Å²) in [7, 11) is -4.37. The molecule has 0 aliphatic carbocycles. The zero-order valence-corrected chi connectivity index (χ0v) is 8.29. The predicted molar refractivity (Wildman–Crippen MR) is 47.6 cm³/mol. The average molecular weight is 213 g/mol. The molecule has 0 aromatic heterocycles. The van der Waals surface area contributed by atoms with Gasteiger partial charge in [-0.3, -0.25) is 0 Å². The van der Waals surface area contributed by atoms with Crippen molar-refractivity contribution >= 4 is 10.1 Å². The van der Waals surface area contributed by atoms with Crippen molar-refractivity contribution in [1.82, 2.24) is 6.15 Å². The number of aliphatic hydroxyl groups excluding tert-OH is 1. The highest BCUT2D eigenvalue weighted by molar-refractivity contribution is 7.85. The maximum atomic E-state index is 10.1. The van der Waals surface area contributed by atoms with E-state index in [4.69, 9.17) is 9.84 Å². The molecule has 0 bridgehead atoms. The van der Waals surface area contributed by atoms with E-state index in [1.54, 1.807) is 0 Å². The van der Waals surface area contributed by atoms with Gasteiger partial charge < -0.3 is 20.5 Å². The molecule has 0 heterocycles. The Morgan fingerprint density at radius 3 is 2.54 bits per heavy atom. The fourth-order valence-electron chi connectivity index (χ4n) is 0.571. The Bertz CT molecular complexity index is 225. The van der Waals surface area contributed by atoms with Crippen LogP contribution in [0.15, 0.2) is 12.7 Å². The molecule has 0 aliphatic heterocycles. The highest BCUT2D eigenvalue weighted by atomic mass is 32.2. The predicted octanol–water partition coefficient (Wildman–Crippen LogP) is -0.529. The number of hydrogen-bond acceptors (Lipinski definition) is 5. The van der Waals surface area contributed by atoms with Crippen molar-refractivity contribution < 1.29 is 22.8 Å². The van der Waals surface area contributed by atoms with E-state index in [1.807, 2.05) is 0 Å². The minimum Gasteiger partial charge on any atom is -0.748 e. The van der Waals surface area contributed by atoms with Crippen LogP contribution in [0.25, 0.3) is 0 Å². The molecule has 7 heteroatoms. The molecule has 6 nitrogen and oxygen atoms in total. The molecule has 0 saturated carbocycles.